The minimum absolute atomic E-state index is 0.0305. The van der Waals surface area contributed by atoms with Gasteiger partial charge in [0.15, 0.2) is 0 Å². The molecule has 7 nitrogen and oxygen atoms in total. The van der Waals surface area contributed by atoms with Crippen molar-refractivity contribution in [3.63, 3.8) is 0 Å². The summed E-state index contributed by atoms with van der Waals surface area (Å²) in [6.45, 7) is 6.40. The first-order chi connectivity index (χ1) is 13.0. The predicted molar refractivity (Wildman–Crippen MR) is 104 cm³/mol. The van der Waals surface area contributed by atoms with Gasteiger partial charge < -0.3 is 14.8 Å². The minimum atomic E-state index is -0.526. The lowest BCUT2D eigenvalue weighted by molar-refractivity contribution is -0.140. The van der Waals surface area contributed by atoms with Crippen LogP contribution in [0.25, 0.3) is 0 Å². The first kappa shape index (κ1) is 19.5. The van der Waals surface area contributed by atoms with Gasteiger partial charge in [-0.2, -0.15) is 0 Å². The highest BCUT2D eigenvalue weighted by atomic mass is 32.1. The number of carbonyl (C=O) groups is 2. The third-order valence-electron chi connectivity index (χ3n) is 5.03. The largest absolute Gasteiger partial charge is 0.355 e. The monoisotopic (exact) mass is 389 g/mol. The van der Waals surface area contributed by atoms with Gasteiger partial charge in [-0.1, -0.05) is 0 Å². The number of piperidine rings is 1. The van der Waals surface area contributed by atoms with Crippen LogP contribution in [-0.4, -0.2) is 50.9 Å². The van der Waals surface area contributed by atoms with Crippen molar-refractivity contribution in [2.75, 3.05) is 19.6 Å². The molecule has 1 aliphatic rings. The fraction of sp³-hybridized carbons (Fsp3) is 0.579. The number of aryl methyl sites for hydroxylation is 2. The summed E-state index contributed by atoms with van der Waals surface area (Å²) in [4.78, 5) is 36.6. The van der Waals surface area contributed by atoms with Crippen LogP contribution in [-0.2, 0) is 22.6 Å². The number of imidazole rings is 1. The van der Waals surface area contributed by atoms with Gasteiger partial charge in [-0.3, -0.25) is 9.59 Å². The Balaban J connectivity index is 1.48. The second kappa shape index (κ2) is 8.65. The molecule has 1 N–H and O–H groups in total. The van der Waals surface area contributed by atoms with Gasteiger partial charge in [-0.05, 0) is 26.7 Å². The summed E-state index contributed by atoms with van der Waals surface area (Å²) in [5, 5.41) is 4.08. The van der Waals surface area contributed by atoms with Crippen LogP contribution in [0, 0.1) is 12.3 Å². The summed E-state index contributed by atoms with van der Waals surface area (Å²) in [5.74, 6) is 0.128. The Hall–Kier alpha value is -2.22. The molecule has 2 amide bonds. The van der Waals surface area contributed by atoms with E-state index in [-0.39, 0.29) is 11.8 Å². The number of thiazole rings is 1. The summed E-state index contributed by atoms with van der Waals surface area (Å²) < 4.78 is 1.90. The number of hydrogen-bond acceptors (Lipinski definition) is 5. The molecular weight excluding hydrogens is 362 g/mol. The van der Waals surface area contributed by atoms with Crippen molar-refractivity contribution in [3.05, 3.63) is 34.8 Å². The highest BCUT2D eigenvalue weighted by molar-refractivity contribution is 7.11. The third kappa shape index (κ3) is 5.15. The molecule has 1 saturated heterocycles. The second-order valence-corrected chi connectivity index (χ2v) is 8.72. The van der Waals surface area contributed by atoms with E-state index < -0.39 is 5.41 Å². The lowest BCUT2D eigenvalue weighted by Gasteiger charge is -2.39. The molecule has 0 saturated carbocycles. The van der Waals surface area contributed by atoms with Gasteiger partial charge in [-0.15, -0.1) is 11.3 Å². The van der Waals surface area contributed by atoms with Crippen molar-refractivity contribution >= 4 is 23.2 Å². The zero-order valence-corrected chi connectivity index (χ0v) is 16.8. The van der Waals surface area contributed by atoms with E-state index >= 15 is 0 Å². The van der Waals surface area contributed by atoms with E-state index in [2.05, 4.69) is 15.3 Å². The number of nitrogens with zero attached hydrogens (tertiary/aromatic N) is 4. The van der Waals surface area contributed by atoms with Crippen molar-refractivity contribution in [2.24, 2.45) is 5.41 Å². The van der Waals surface area contributed by atoms with Crippen LogP contribution in [0.15, 0.2) is 24.9 Å². The molecule has 3 heterocycles. The van der Waals surface area contributed by atoms with Crippen molar-refractivity contribution in [1.29, 1.82) is 0 Å². The number of carbonyl (C=O) groups excluding carboxylic acids is 2. The van der Waals surface area contributed by atoms with Crippen molar-refractivity contribution in [1.82, 2.24) is 24.8 Å². The van der Waals surface area contributed by atoms with Crippen LogP contribution >= 0.6 is 11.3 Å². The van der Waals surface area contributed by atoms with E-state index in [1.165, 1.54) is 4.88 Å². The van der Waals surface area contributed by atoms with Gasteiger partial charge in [0.05, 0.1) is 16.7 Å². The van der Waals surface area contributed by atoms with Gasteiger partial charge in [0, 0.05) is 62.5 Å². The molecule has 0 aliphatic carbocycles. The van der Waals surface area contributed by atoms with Crippen LogP contribution < -0.4 is 5.32 Å². The van der Waals surface area contributed by atoms with Crippen molar-refractivity contribution in [2.45, 2.75) is 46.1 Å². The molecule has 27 heavy (non-hydrogen) atoms. The smallest absolute Gasteiger partial charge is 0.227 e. The topological polar surface area (TPSA) is 80.1 Å². The van der Waals surface area contributed by atoms with E-state index in [0.717, 1.165) is 30.8 Å². The molecular formula is C19H27N5O2S. The van der Waals surface area contributed by atoms with E-state index in [4.69, 9.17) is 0 Å². The van der Waals surface area contributed by atoms with E-state index in [1.54, 1.807) is 23.9 Å². The van der Waals surface area contributed by atoms with Crippen LogP contribution in [0.5, 0.6) is 0 Å². The average Bonchev–Trinajstić information content (AvgIpc) is 3.31. The van der Waals surface area contributed by atoms with E-state index in [9.17, 15) is 9.59 Å². The SMILES string of the molecule is Cc1cnc(CCNC(=O)C2(C)CCCN(C(=O)CCn3ccnc3)C2)s1. The molecule has 1 atom stereocenters. The van der Waals surface area contributed by atoms with Gasteiger partial charge in [-0.25, -0.2) is 9.97 Å². The number of nitrogens with one attached hydrogen (secondary N) is 1. The molecule has 0 spiro atoms. The van der Waals surface area contributed by atoms with Crippen LogP contribution in [0.4, 0.5) is 0 Å². The molecule has 146 valence electrons. The second-order valence-electron chi connectivity index (χ2n) is 7.40. The number of rotatable bonds is 7. The van der Waals surface area contributed by atoms with E-state index in [0.29, 0.717) is 26.1 Å². The molecule has 8 heteroatoms. The maximum atomic E-state index is 12.7. The standard InChI is InChI=1S/C19H27N5O2S/c1-15-12-22-16(27-15)4-7-21-18(26)19(2)6-3-9-24(13-19)17(25)5-10-23-11-8-20-14-23/h8,11-12,14H,3-7,9-10,13H2,1-2H3,(H,21,26). The van der Waals surface area contributed by atoms with Crippen LogP contribution in [0.1, 0.15) is 36.1 Å². The van der Waals surface area contributed by atoms with Gasteiger partial charge >= 0.3 is 0 Å². The molecule has 3 rings (SSSR count). The first-order valence-electron chi connectivity index (χ1n) is 9.39. The fourth-order valence-electron chi connectivity index (χ4n) is 3.45. The Labute approximate surface area is 163 Å². The molecule has 2 aromatic heterocycles. The molecule has 1 unspecified atom stereocenters. The summed E-state index contributed by atoms with van der Waals surface area (Å²) in [5.41, 5.74) is -0.526. The summed E-state index contributed by atoms with van der Waals surface area (Å²) in [7, 11) is 0. The highest BCUT2D eigenvalue weighted by Gasteiger charge is 2.38. The number of amides is 2. The Morgan fingerprint density at radius 3 is 2.96 bits per heavy atom. The highest BCUT2D eigenvalue weighted by Crippen LogP contribution is 2.30. The maximum absolute atomic E-state index is 12.7. The maximum Gasteiger partial charge on any atom is 0.227 e. The summed E-state index contributed by atoms with van der Waals surface area (Å²) in [6.07, 6.45) is 9.96. The molecule has 0 bridgehead atoms. The number of hydrogen-bond donors (Lipinski definition) is 1. The molecule has 0 aromatic carbocycles. The normalized spacial score (nSPS) is 19.9. The van der Waals surface area contributed by atoms with Crippen LogP contribution in [0.3, 0.4) is 0 Å². The van der Waals surface area contributed by atoms with Crippen LogP contribution in [0.2, 0.25) is 0 Å². The summed E-state index contributed by atoms with van der Waals surface area (Å²) >= 11 is 1.66. The zero-order chi connectivity index (χ0) is 19.3. The minimum Gasteiger partial charge on any atom is -0.355 e. The number of aromatic nitrogens is 3. The zero-order valence-electron chi connectivity index (χ0n) is 16.0. The average molecular weight is 390 g/mol. The third-order valence-corrected chi connectivity index (χ3v) is 6.01. The quantitative estimate of drug-likeness (QED) is 0.786. The molecule has 1 fully saturated rings. The Morgan fingerprint density at radius 2 is 2.26 bits per heavy atom. The molecule has 2 aromatic rings. The Kier molecular flexibility index (Phi) is 6.26. The lowest BCUT2D eigenvalue weighted by Crippen LogP contribution is -2.52. The number of likely N-dealkylation sites (tertiary alicyclic amines) is 1. The summed E-state index contributed by atoms with van der Waals surface area (Å²) in [6, 6.07) is 0. The Morgan fingerprint density at radius 1 is 1.41 bits per heavy atom. The molecule has 1 aliphatic heterocycles. The lowest BCUT2D eigenvalue weighted by atomic mass is 9.80. The van der Waals surface area contributed by atoms with E-state index in [1.807, 2.05) is 35.7 Å². The van der Waals surface area contributed by atoms with Gasteiger partial charge in [0.25, 0.3) is 0 Å². The fourth-order valence-corrected chi connectivity index (χ4v) is 4.24. The van der Waals surface area contributed by atoms with Gasteiger partial charge in [0.2, 0.25) is 11.8 Å². The Bertz CT molecular complexity index is 773. The van der Waals surface area contributed by atoms with Gasteiger partial charge in [0.1, 0.15) is 0 Å². The molecule has 0 radical (unpaired) electrons. The predicted octanol–water partition coefficient (Wildman–Crippen LogP) is 2.03. The van der Waals surface area contributed by atoms with Crippen molar-refractivity contribution in [3.8, 4) is 0 Å². The van der Waals surface area contributed by atoms with Crippen molar-refractivity contribution < 1.29 is 9.59 Å². The first-order valence-corrected chi connectivity index (χ1v) is 10.2.